The molecule has 1 aliphatic carbocycles. The Hall–Kier alpha value is -2.14. The zero-order valence-corrected chi connectivity index (χ0v) is 12.8. The van der Waals surface area contributed by atoms with Crippen LogP contribution in [0.3, 0.4) is 0 Å². The van der Waals surface area contributed by atoms with Crippen LogP contribution in [0.1, 0.15) is 35.2 Å². The first-order valence-electron chi connectivity index (χ1n) is 7.80. The molecule has 1 saturated carbocycles. The summed E-state index contributed by atoms with van der Waals surface area (Å²) in [6.45, 7) is 2.64. The standard InChI is InChI=1S/C17H22N4O/c1-12-10-19-21(11-12)15-7-5-13(6-8-15)17(22)20-16-4-2-3-14(16)9-18/h5-8,10-11,14,16H,2-4,9,18H2,1H3,(H,20,22). The molecule has 2 atom stereocenters. The molecule has 1 aromatic carbocycles. The van der Waals surface area contributed by atoms with Crippen molar-refractivity contribution in [2.45, 2.75) is 32.2 Å². The van der Waals surface area contributed by atoms with Crippen LogP contribution in [0.2, 0.25) is 0 Å². The second-order valence-electron chi connectivity index (χ2n) is 6.02. The SMILES string of the molecule is Cc1cnn(-c2ccc(C(=O)NC3CCCC3CN)cc2)c1. The molecule has 116 valence electrons. The first-order valence-corrected chi connectivity index (χ1v) is 7.80. The minimum Gasteiger partial charge on any atom is -0.349 e. The predicted molar refractivity (Wildman–Crippen MR) is 86.0 cm³/mol. The van der Waals surface area contributed by atoms with Crippen molar-refractivity contribution < 1.29 is 4.79 Å². The molecule has 3 rings (SSSR count). The molecule has 3 N–H and O–H groups in total. The van der Waals surface area contributed by atoms with Gasteiger partial charge < -0.3 is 11.1 Å². The van der Waals surface area contributed by atoms with E-state index in [2.05, 4.69) is 10.4 Å². The lowest BCUT2D eigenvalue weighted by Gasteiger charge is -2.19. The van der Waals surface area contributed by atoms with E-state index in [1.54, 1.807) is 4.68 Å². The Morgan fingerprint density at radius 3 is 2.77 bits per heavy atom. The van der Waals surface area contributed by atoms with Crippen LogP contribution in [0.25, 0.3) is 5.69 Å². The van der Waals surface area contributed by atoms with Crippen LogP contribution < -0.4 is 11.1 Å². The predicted octanol–water partition coefficient (Wildman–Crippen LogP) is 2.04. The number of benzene rings is 1. The Labute approximate surface area is 130 Å². The molecule has 0 radical (unpaired) electrons. The van der Waals surface area contributed by atoms with E-state index in [4.69, 9.17) is 5.73 Å². The molecular weight excluding hydrogens is 276 g/mol. The minimum atomic E-state index is -0.0199. The molecule has 0 aliphatic heterocycles. The number of nitrogens with zero attached hydrogens (tertiary/aromatic N) is 2. The van der Waals surface area contributed by atoms with E-state index in [1.165, 1.54) is 0 Å². The lowest BCUT2D eigenvalue weighted by molar-refractivity contribution is 0.0929. The number of carbonyl (C=O) groups is 1. The van der Waals surface area contributed by atoms with Gasteiger partial charge in [-0.15, -0.1) is 0 Å². The summed E-state index contributed by atoms with van der Waals surface area (Å²) in [5, 5.41) is 7.39. The zero-order valence-electron chi connectivity index (χ0n) is 12.8. The maximum absolute atomic E-state index is 12.3. The number of hydrogen-bond acceptors (Lipinski definition) is 3. The Morgan fingerprint density at radius 1 is 1.36 bits per heavy atom. The van der Waals surface area contributed by atoms with Crippen molar-refractivity contribution in [3.63, 3.8) is 0 Å². The summed E-state index contributed by atoms with van der Waals surface area (Å²) in [5.41, 5.74) is 8.50. The van der Waals surface area contributed by atoms with Gasteiger partial charge in [0, 0.05) is 17.8 Å². The highest BCUT2D eigenvalue weighted by atomic mass is 16.1. The Morgan fingerprint density at radius 2 is 2.14 bits per heavy atom. The van der Waals surface area contributed by atoms with Gasteiger partial charge in [-0.1, -0.05) is 6.42 Å². The van der Waals surface area contributed by atoms with E-state index in [0.717, 1.165) is 30.5 Å². The number of amides is 1. The van der Waals surface area contributed by atoms with Crippen molar-refractivity contribution in [2.24, 2.45) is 11.7 Å². The number of aryl methyl sites for hydroxylation is 1. The lowest BCUT2D eigenvalue weighted by Crippen LogP contribution is -2.39. The van der Waals surface area contributed by atoms with Crippen LogP contribution in [0.5, 0.6) is 0 Å². The summed E-state index contributed by atoms with van der Waals surface area (Å²) in [6, 6.07) is 7.72. The third-order valence-corrected chi connectivity index (χ3v) is 4.38. The summed E-state index contributed by atoms with van der Waals surface area (Å²) in [7, 11) is 0. The molecule has 2 aromatic rings. The van der Waals surface area contributed by atoms with Crippen LogP contribution in [-0.4, -0.2) is 28.3 Å². The normalized spacial score (nSPS) is 21.0. The molecule has 1 amide bonds. The number of aromatic nitrogens is 2. The molecular formula is C17H22N4O. The molecule has 22 heavy (non-hydrogen) atoms. The van der Waals surface area contributed by atoms with E-state index in [-0.39, 0.29) is 11.9 Å². The average molecular weight is 298 g/mol. The summed E-state index contributed by atoms with van der Waals surface area (Å²) >= 11 is 0. The molecule has 0 bridgehead atoms. The zero-order chi connectivity index (χ0) is 15.5. The second kappa shape index (κ2) is 6.32. The fourth-order valence-electron chi connectivity index (χ4n) is 3.08. The summed E-state index contributed by atoms with van der Waals surface area (Å²) in [4.78, 5) is 12.3. The van der Waals surface area contributed by atoms with E-state index < -0.39 is 0 Å². The average Bonchev–Trinajstić information content (AvgIpc) is 3.16. The number of carbonyl (C=O) groups excluding carboxylic acids is 1. The third kappa shape index (κ3) is 3.04. The van der Waals surface area contributed by atoms with Crippen LogP contribution in [-0.2, 0) is 0 Å². The molecule has 1 fully saturated rings. The molecule has 1 aliphatic rings. The smallest absolute Gasteiger partial charge is 0.251 e. The molecule has 0 spiro atoms. The van der Waals surface area contributed by atoms with Gasteiger partial charge in [0.05, 0.1) is 11.9 Å². The van der Waals surface area contributed by atoms with Crippen molar-refractivity contribution in [3.8, 4) is 5.69 Å². The number of rotatable bonds is 4. The van der Waals surface area contributed by atoms with Crippen molar-refractivity contribution in [1.82, 2.24) is 15.1 Å². The van der Waals surface area contributed by atoms with Gasteiger partial charge in [-0.2, -0.15) is 5.10 Å². The van der Waals surface area contributed by atoms with Gasteiger partial charge in [0.15, 0.2) is 0 Å². The summed E-state index contributed by atoms with van der Waals surface area (Å²) in [5.74, 6) is 0.392. The van der Waals surface area contributed by atoms with Crippen LogP contribution in [0.4, 0.5) is 0 Å². The van der Waals surface area contributed by atoms with Gasteiger partial charge in [-0.25, -0.2) is 4.68 Å². The van der Waals surface area contributed by atoms with E-state index in [9.17, 15) is 4.79 Å². The largest absolute Gasteiger partial charge is 0.349 e. The number of hydrogen-bond donors (Lipinski definition) is 2. The lowest BCUT2D eigenvalue weighted by atomic mass is 10.0. The minimum absolute atomic E-state index is 0.0199. The van der Waals surface area contributed by atoms with Gasteiger partial charge in [0.25, 0.3) is 5.91 Å². The summed E-state index contributed by atoms with van der Waals surface area (Å²) < 4.78 is 1.80. The van der Waals surface area contributed by atoms with E-state index in [1.807, 2.05) is 43.6 Å². The van der Waals surface area contributed by atoms with Crippen LogP contribution >= 0.6 is 0 Å². The fourth-order valence-corrected chi connectivity index (χ4v) is 3.08. The molecule has 5 nitrogen and oxygen atoms in total. The topological polar surface area (TPSA) is 72.9 Å². The quantitative estimate of drug-likeness (QED) is 0.907. The van der Waals surface area contributed by atoms with Crippen LogP contribution in [0.15, 0.2) is 36.7 Å². The van der Waals surface area contributed by atoms with Gasteiger partial charge in [-0.05, 0) is 62.1 Å². The molecule has 1 aromatic heterocycles. The molecule has 5 heteroatoms. The monoisotopic (exact) mass is 298 g/mol. The first kappa shape index (κ1) is 14.8. The van der Waals surface area contributed by atoms with Crippen molar-refractivity contribution in [2.75, 3.05) is 6.54 Å². The van der Waals surface area contributed by atoms with Crippen molar-refractivity contribution in [1.29, 1.82) is 0 Å². The molecule has 0 saturated heterocycles. The van der Waals surface area contributed by atoms with E-state index >= 15 is 0 Å². The number of nitrogens with one attached hydrogen (secondary N) is 1. The third-order valence-electron chi connectivity index (χ3n) is 4.38. The Kier molecular flexibility index (Phi) is 4.24. The van der Waals surface area contributed by atoms with Gasteiger partial charge in [-0.3, -0.25) is 4.79 Å². The summed E-state index contributed by atoms with van der Waals surface area (Å²) in [6.07, 6.45) is 7.05. The van der Waals surface area contributed by atoms with Gasteiger partial charge in [0.1, 0.15) is 0 Å². The number of nitrogens with two attached hydrogens (primary N) is 1. The second-order valence-corrected chi connectivity index (χ2v) is 6.02. The maximum atomic E-state index is 12.3. The van der Waals surface area contributed by atoms with Crippen LogP contribution in [0, 0.1) is 12.8 Å². The highest BCUT2D eigenvalue weighted by molar-refractivity contribution is 5.94. The van der Waals surface area contributed by atoms with Crippen molar-refractivity contribution >= 4 is 5.91 Å². The highest BCUT2D eigenvalue weighted by Crippen LogP contribution is 2.24. The maximum Gasteiger partial charge on any atom is 0.251 e. The molecule has 2 unspecified atom stereocenters. The highest BCUT2D eigenvalue weighted by Gasteiger charge is 2.27. The van der Waals surface area contributed by atoms with Gasteiger partial charge >= 0.3 is 0 Å². The first-order chi connectivity index (χ1) is 10.7. The Balaban J connectivity index is 1.68. The van der Waals surface area contributed by atoms with E-state index in [0.29, 0.717) is 18.0 Å². The van der Waals surface area contributed by atoms with Gasteiger partial charge in [0.2, 0.25) is 0 Å². The Bertz CT molecular complexity index is 647. The fraction of sp³-hybridized carbons (Fsp3) is 0.412. The molecule has 1 heterocycles. The van der Waals surface area contributed by atoms with Crippen molar-refractivity contribution in [3.05, 3.63) is 47.8 Å².